The maximum absolute atomic E-state index is 13.1. The lowest BCUT2D eigenvalue weighted by atomic mass is 10.2. The van der Waals surface area contributed by atoms with Crippen LogP contribution in [-0.2, 0) is 11.3 Å². The van der Waals surface area contributed by atoms with Gasteiger partial charge in [0.1, 0.15) is 11.6 Å². The predicted molar refractivity (Wildman–Crippen MR) is 97.3 cm³/mol. The van der Waals surface area contributed by atoms with Gasteiger partial charge >= 0.3 is 0 Å². The highest BCUT2D eigenvalue weighted by molar-refractivity contribution is 5.99. The molecular weight excluding hydrogens is 356 g/mol. The van der Waals surface area contributed by atoms with Crippen LogP contribution in [0.2, 0.25) is 0 Å². The van der Waals surface area contributed by atoms with Crippen LogP contribution in [0.25, 0.3) is 0 Å². The first-order chi connectivity index (χ1) is 12.9. The number of nitrogens with zero attached hydrogens (tertiary/aromatic N) is 3. The third-order valence-electron chi connectivity index (χ3n) is 3.99. The maximum atomic E-state index is 13.1. The summed E-state index contributed by atoms with van der Waals surface area (Å²) in [6.45, 7) is 7.30. The number of benzene rings is 1. The van der Waals surface area contributed by atoms with Crippen molar-refractivity contribution in [2.24, 2.45) is 0 Å². The van der Waals surface area contributed by atoms with Crippen LogP contribution in [0.3, 0.4) is 0 Å². The summed E-state index contributed by atoms with van der Waals surface area (Å²) in [7, 11) is 0. The van der Waals surface area contributed by atoms with Gasteiger partial charge in [0, 0.05) is 24.4 Å². The molecule has 0 aliphatic heterocycles. The number of carbonyl (C=O) groups is 2. The van der Waals surface area contributed by atoms with E-state index in [1.54, 1.807) is 10.9 Å². The number of halogens is 2. The van der Waals surface area contributed by atoms with Crippen molar-refractivity contribution in [3.63, 3.8) is 0 Å². The van der Waals surface area contributed by atoms with E-state index in [9.17, 15) is 18.4 Å². The Bertz CT molecular complexity index is 770. The molecule has 0 saturated heterocycles. The van der Waals surface area contributed by atoms with Crippen LogP contribution in [0, 0.1) is 11.6 Å². The van der Waals surface area contributed by atoms with Gasteiger partial charge in [0.15, 0.2) is 0 Å². The SMILES string of the molecule is CCN(CC)CCn1cc(NC(=O)CNC(=O)c2cc(F)cc(F)c2)cn1. The minimum absolute atomic E-state index is 0.190. The second-order valence-electron chi connectivity index (χ2n) is 5.91. The summed E-state index contributed by atoms with van der Waals surface area (Å²) in [5, 5.41) is 9.10. The Balaban J connectivity index is 1.81. The lowest BCUT2D eigenvalue weighted by molar-refractivity contribution is -0.115. The first-order valence-electron chi connectivity index (χ1n) is 8.70. The average Bonchev–Trinajstić information content (AvgIpc) is 3.07. The zero-order chi connectivity index (χ0) is 19.8. The molecule has 0 unspecified atom stereocenters. The number of amides is 2. The molecule has 0 radical (unpaired) electrons. The molecule has 0 fully saturated rings. The van der Waals surface area contributed by atoms with Crippen LogP contribution in [-0.4, -0.2) is 52.7 Å². The standard InChI is InChI=1S/C18H23F2N5O2/c1-3-24(4-2)5-6-25-12-16(10-22-25)23-17(26)11-21-18(27)13-7-14(19)9-15(20)8-13/h7-10,12H,3-6,11H2,1-2H3,(H,21,27)(H,23,26). The van der Waals surface area contributed by atoms with E-state index < -0.39 is 23.4 Å². The van der Waals surface area contributed by atoms with Crippen molar-refractivity contribution < 1.29 is 18.4 Å². The van der Waals surface area contributed by atoms with Crippen molar-refractivity contribution in [2.75, 3.05) is 31.5 Å². The fraction of sp³-hybridized carbons (Fsp3) is 0.389. The smallest absolute Gasteiger partial charge is 0.251 e. The molecule has 2 amide bonds. The van der Waals surface area contributed by atoms with Crippen LogP contribution in [0.5, 0.6) is 0 Å². The van der Waals surface area contributed by atoms with Gasteiger partial charge in [0.05, 0.1) is 25.0 Å². The summed E-state index contributed by atoms with van der Waals surface area (Å²) in [4.78, 5) is 26.1. The van der Waals surface area contributed by atoms with E-state index in [1.165, 1.54) is 6.20 Å². The van der Waals surface area contributed by atoms with E-state index in [-0.39, 0.29) is 12.1 Å². The van der Waals surface area contributed by atoms with E-state index in [2.05, 4.69) is 34.5 Å². The Kier molecular flexibility index (Phi) is 7.42. The van der Waals surface area contributed by atoms with Crippen molar-refractivity contribution in [1.82, 2.24) is 20.0 Å². The zero-order valence-electron chi connectivity index (χ0n) is 15.3. The van der Waals surface area contributed by atoms with Crippen LogP contribution in [0.1, 0.15) is 24.2 Å². The van der Waals surface area contributed by atoms with Gasteiger partial charge in [-0.3, -0.25) is 14.3 Å². The number of aromatic nitrogens is 2. The van der Waals surface area contributed by atoms with Crippen LogP contribution >= 0.6 is 0 Å². The van der Waals surface area contributed by atoms with Crippen molar-refractivity contribution in [3.8, 4) is 0 Å². The number of rotatable bonds is 9. The summed E-state index contributed by atoms with van der Waals surface area (Å²) in [5.74, 6) is -2.93. The normalized spacial score (nSPS) is 10.9. The van der Waals surface area contributed by atoms with Gasteiger partial charge in [-0.05, 0) is 25.2 Å². The average molecular weight is 379 g/mol. The monoisotopic (exact) mass is 379 g/mol. The second-order valence-corrected chi connectivity index (χ2v) is 5.91. The van der Waals surface area contributed by atoms with E-state index in [0.29, 0.717) is 18.3 Å². The number of carbonyl (C=O) groups excluding carboxylic acids is 2. The van der Waals surface area contributed by atoms with Gasteiger partial charge in [0.25, 0.3) is 5.91 Å². The van der Waals surface area contributed by atoms with Crippen molar-refractivity contribution >= 4 is 17.5 Å². The maximum Gasteiger partial charge on any atom is 0.251 e. The highest BCUT2D eigenvalue weighted by Gasteiger charge is 2.11. The van der Waals surface area contributed by atoms with E-state index in [1.807, 2.05) is 0 Å². The highest BCUT2D eigenvalue weighted by Crippen LogP contribution is 2.08. The molecule has 2 N–H and O–H groups in total. The van der Waals surface area contributed by atoms with Crippen molar-refractivity contribution in [2.45, 2.75) is 20.4 Å². The molecule has 1 heterocycles. The van der Waals surface area contributed by atoms with Crippen LogP contribution in [0.4, 0.5) is 14.5 Å². The summed E-state index contributed by atoms with van der Waals surface area (Å²) in [6.07, 6.45) is 3.22. The molecule has 0 aliphatic carbocycles. The van der Waals surface area contributed by atoms with E-state index in [0.717, 1.165) is 31.8 Å². The van der Waals surface area contributed by atoms with Gasteiger partial charge in [-0.15, -0.1) is 0 Å². The van der Waals surface area contributed by atoms with Gasteiger partial charge in [-0.2, -0.15) is 5.10 Å². The number of nitrogens with one attached hydrogen (secondary N) is 2. The molecule has 9 heteroatoms. The van der Waals surface area contributed by atoms with Crippen LogP contribution in [0.15, 0.2) is 30.6 Å². The topological polar surface area (TPSA) is 79.3 Å². The number of anilines is 1. The Morgan fingerprint density at radius 2 is 1.81 bits per heavy atom. The fourth-order valence-corrected chi connectivity index (χ4v) is 2.49. The number of likely N-dealkylation sites (N-methyl/N-ethyl adjacent to an activating group) is 1. The summed E-state index contributed by atoms with van der Waals surface area (Å²) in [6, 6.07) is 2.47. The quantitative estimate of drug-likeness (QED) is 0.697. The largest absolute Gasteiger partial charge is 0.343 e. The third-order valence-corrected chi connectivity index (χ3v) is 3.99. The minimum atomic E-state index is -0.860. The molecule has 7 nitrogen and oxygen atoms in total. The Morgan fingerprint density at radius 3 is 2.44 bits per heavy atom. The molecule has 0 aliphatic rings. The molecule has 27 heavy (non-hydrogen) atoms. The molecule has 1 aromatic heterocycles. The van der Waals surface area contributed by atoms with Crippen molar-refractivity contribution in [3.05, 3.63) is 47.8 Å². The first kappa shape index (κ1) is 20.5. The number of hydrogen-bond donors (Lipinski definition) is 2. The fourth-order valence-electron chi connectivity index (χ4n) is 2.49. The predicted octanol–water partition coefficient (Wildman–Crippen LogP) is 1.87. The molecule has 0 spiro atoms. The third kappa shape index (κ3) is 6.45. The Labute approximate surface area is 156 Å². The zero-order valence-corrected chi connectivity index (χ0v) is 15.3. The Morgan fingerprint density at radius 1 is 1.15 bits per heavy atom. The Hall–Kier alpha value is -2.81. The molecule has 0 bridgehead atoms. The molecule has 2 aromatic rings. The molecular formula is C18H23F2N5O2. The molecule has 0 saturated carbocycles. The first-order valence-corrected chi connectivity index (χ1v) is 8.70. The van der Waals surface area contributed by atoms with Gasteiger partial charge in [0.2, 0.25) is 5.91 Å². The molecule has 2 rings (SSSR count). The van der Waals surface area contributed by atoms with E-state index >= 15 is 0 Å². The van der Waals surface area contributed by atoms with Gasteiger partial charge in [-0.25, -0.2) is 8.78 Å². The van der Waals surface area contributed by atoms with Crippen molar-refractivity contribution in [1.29, 1.82) is 0 Å². The lowest BCUT2D eigenvalue weighted by Crippen LogP contribution is -2.32. The molecule has 1 aromatic carbocycles. The van der Waals surface area contributed by atoms with Gasteiger partial charge in [-0.1, -0.05) is 13.8 Å². The van der Waals surface area contributed by atoms with E-state index in [4.69, 9.17) is 0 Å². The summed E-state index contributed by atoms with van der Waals surface area (Å²) < 4.78 is 28.0. The van der Waals surface area contributed by atoms with Gasteiger partial charge < -0.3 is 15.5 Å². The highest BCUT2D eigenvalue weighted by atomic mass is 19.1. The van der Waals surface area contributed by atoms with Crippen LogP contribution < -0.4 is 10.6 Å². The minimum Gasteiger partial charge on any atom is -0.343 e. The number of hydrogen-bond acceptors (Lipinski definition) is 4. The molecule has 0 atom stereocenters. The summed E-state index contributed by atoms with van der Waals surface area (Å²) in [5.41, 5.74) is 0.315. The lowest BCUT2D eigenvalue weighted by Gasteiger charge is -2.17. The second kappa shape index (κ2) is 9.77. The molecule has 146 valence electrons. The summed E-state index contributed by atoms with van der Waals surface area (Å²) >= 11 is 0.